The Morgan fingerprint density at radius 3 is 1.73 bits per heavy atom. The lowest BCUT2D eigenvalue weighted by Gasteiger charge is -2.44. The summed E-state index contributed by atoms with van der Waals surface area (Å²) in [5.41, 5.74) is 0. The van der Waals surface area contributed by atoms with Gasteiger partial charge in [-0.15, -0.1) is 6.42 Å². The number of terminal acetylenes is 1. The van der Waals surface area contributed by atoms with Crippen LogP contribution in [-0.4, -0.2) is 99.5 Å². The Hall–Kier alpha value is -2.68. The van der Waals surface area contributed by atoms with E-state index in [0.717, 1.165) is 0 Å². The van der Waals surface area contributed by atoms with Gasteiger partial charge >= 0.3 is 23.9 Å². The van der Waals surface area contributed by atoms with Crippen LogP contribution in [0, 0.1) is 12.3 Å². The predicted octanol–water partition coefficient (Wildman–Crippen LogP) is 2.92. The summed E-state index contributed by atoms with van der Waals surface area (Å²) < 4.78 is 35.4. The minimum atomic E-state index is -1.25. The lowest BCUT2D eigenvalue weighted by Crippen LogP contribution is -2.63. The average Bonchev–Trinajstić information content (AvgIpc) is 2.86. The van der Waals surface area contributed by atoms with Crippen molar-refractivity contribution >= 4 is 23.9 Å². The number of nitrogens with zero attached hydrogens (tertiary/aromatic N) is 1. The van der Waals surface area contributed by atoms with Crippen molar-refractivity contribution in [3.8, 4) is 12.3 Å². The fourth-order valence-corrected chi connectivity index (χ4v) is 3.99. The van der Waals surface area contributed by atoms with E-state index in [1.807, 2.05) is 41.8 Å². The van der Waals surface area contributed by atoms with E-state index in [0.29, 0.717) is 43.3 Å². The number of rotatable bonds is 18. The molecular formula is C29H48NO10+. The third kappa shape index (κ3) is 12.7. The topological polar surface area (TPSA) is 124 Å². The first kappa shape index (κ1) is 35.3. The van der Waals surface area contributed by atoms with Crippen LogP contribution in [-0.2, 0) is 47.6 Å². The van der Waals surface area contributed by atoms with E-state index in [1.54, 1.807) is 0 Å². The normalized spacial score (nSPS) is 22.6. The Morgan fingerprint density at radius 2 is 1.23 bits per heavy atom. The molecular weight excluding hydrogens is 522 g/mol. The maximum Gasteiger partial charge on any atom is 0.306 e. The third-order valence-electron chi connectivity index (χ3n) is 6.12. The number of quaternary nitrogens is 1. The second kappa shape index (κ2) is 18.6. The molecule has 40 heavy (non-hydrogen) atoms. The Bertz CT molecular complexity index is 852. The predicted molar refractivity (Wildman–Crippen MR) is 146 cm³/mol. The van der Waals surface area contributed by atoms with Gasteiger partial charge in [-0.3, -0.25) is 19.2 Å². The molecule has 1 aliphatic rings. The number of hydrogen-bond acceptors (Lipinski definition) is 10. The highest BCUT2D eigenvalue weighted by molar-refractivity contribution is 5.72. The molecule has 1 heterocycles. The largest absolute Gasteiger partial charge is 0.463 e. The molecule has 11 nitrogen and oxygen atoms in total. The first-order valence-electron chi connectivity index (χ1n) is 14.3. The minimum absolute atomic E-state index is 0.0993. The van der Waals surface area contributed by atoms with Crippen molar-refractivity contribution in [3.05, 3.63) is 0 Å². The molecule has 1 rings (SSSR count). The summed E-state index contributed by atoms with van der Waals surface area (Å²) in [5, 5.41) is 0. The van der Waals surface area contributed by atoms with Crippen molar-refractivity contribution in [1.29, 1.82) is 0 Å². The van der Waals surface area contributed by atoms with Crippen LogP contribution in [0.15, 0.2) is 0 Å². The van der Waals surface area contributed by atoms with E-state index in [1.165, 1.54) is 0 Å². The molecule has 0 aromatic rings. The van der Waals surface area contributed by atoms with E-state index in [4.69, 9.17) is 34.8 Å². The average molecular weight is 571 g/mol. The van der Waals surface area contributed by atoms with Crippen molar-refractivity contribution in [2.45, 2.75) is 110 Å². The first-order chi connectivity index (χ1) is 19.0. The van der Waals surface area contributed by atoms with Crippen molar-refractivity contribution in [2.24, 2.45) is 0 Å². The number of carbonyl (C=O) groups excluding carboxylic acids is 4. The van der Waals surface area contributed by atoms with Gasteiger partial charge in [-0.05, 0) is 31.6 Å². The van der Waals surface area contributed by atoms with Gasteiger partial charge in [-0.1, -0.05) is 27.7 Å². The van der Waals surface area contributed by atoms with Gasteiger partial charge in [-0.25, -0.2) is 0 Å². The Kier molecular flexibility index (Phi) is 16.5. The first-order valence-corrected chi connectivity index (χ1v) is 14.3. The molecule has 0 radical (unpaired) electrons. The zero-order valence-electron chi connectivity index (χ0n) is 25.0. The van der Waals surface area contributed by atoms with E-state index in [-0.39, 0.29) is 38.9 Å². The number of ether oxygens (including phenoxy) is 6. The zero-order valence-corrected chi connectivity index (χ0v) is 25.0. The van der Waals surface area contributed by atoms with Gasteiger partial charge in [0.05, 0.1) is 20.7 Å². The van der Waals surface area contributed by atoms with Crippen molar-refractivity contribution in [3.63, 3.8) is 0 Å². The molecule has 11 heteroatoms. The van der Waals surface area contributed by atoms with E-state index in [2.05, 4.69) is 5.92 Å². The van der Waals surface area contributed by atoms with Crippen molar-refractivity contribution in [2.75, 3.05) is 40.4 Å². The molecule has 1 unspecified atom stereocenters. The summed E-state index contributed by atoms with van der Waals surface area (Å²) in [7, 11) is 3.89. The van der Waals surface area contributed by atoms with E-state index in [9.17, 15) is 19.2 Å². The fraction of sp³-hybridized carbons (Fsp3) is 0.793. The van der Waals surface area contributed by atoms with Gasteiger partial charge in [0, 0.05) is 25.7 Å². The lowest BCUT2D eigenvalue weighted by atomic mass is 9.97. The van der Waals surface area contributed by atoms with Crippen molar-refractivity contribution in [1.82, 2.24) is 0 Å². The molecule has 0 bridgehead atoms. The highest BCUT2D eigenvalue weighted by Gasteiger charge is 2.53. The van der Waals surface area contributed by atoms with Crippen LogP contribution >= 0.6 is 0 Å². The zero-order chi connectivity index (χ0) is 30.1. The number of esters is 4. The maximum atomic E-state index is 12.7. The van der Waals surface area contributed by atoms with Gasteiger partial charge in [0.2, 0.25) is 0 Å². The van der Waals surface area contributed by atoms with Gasteiger partial charge in [-0.2, -0.15) is 0 Å². The molecule has 0 aromatic heterocycles. The van der Waals surface area contributed by atoms with Gasteiger partial charge in [0.1, 0.15) is 25.8 Å². The van der Waals surface area contributed by atoms with Crippen LogP contribution in [0.3, 0.4) is 0 Å². The van der Waals surface area contributed by atoms with Crippen molar-refractivity contribution < 1.29 is 52.1 Å². The molecule has 228 valence electrons. The summed E-state index contributed by atoms with van der Waals surface area (Å²) >= 11 is 0. The molecule has 0 spiro atoms. The Balaban J connectivity index is 3.43. The van der Waals surface area contributed by atoms with Crippen LogP contribution in [0.2, 0.25) is 0 Å². The second-order valence-electron chi connectivity index (χ2n) is 10.5. The molecule has 5 atom stereocenters. The minimum Gasteiger partial charge on any atom is -0.463 e. The molecule has 1 saturated heterocycles. The molecule has 0 amide bonds. The summed E-state index contributed by atoms with van der Waals surface area (Å²) in [6.45, 7) is 8.17. The van der Waals surface area contributed by atoms with E-state index < -0.39 is 54.6 Å². The Labute approximate surface area is 238 Å². The number of likely N-dealkylation sites (N-methyl/N-ethyl adjacent to an activating group) is 1. The maximum absolute atomic E-state index is 12.7. The fourth-order valence-electron chi connectivity index (χ4n) is 3.99. The van der Waals surface area contributed by atoms with Gasteiger partial charge in [0.15, 0.2) is 24.6 Å². The summed E-state index contributed by atoms with van der Waals surface area (Å²) in [4.78, 5) is 50.2. The molecule has 0 N–H and O–H groups in total. The Morgan fingerprint density at radius 1 is 0.750 bits per heavy atom. The number of carbonyl (C=O) groups is 4. The van der Waals surface area contributed by atoms with Crippen LogP contribution in [0.25, 0.3) is 0 Å². The number of hydrogen-bond donors (Lipinski definition) is 0. The summed E-state index contributed by atoms with van der Waals surface area (Å²) in [5.74, 6) is 0.517. The summed E-state index contributed by atoms with van der Waals surface area (Å²) in [6, 6.07) is 0. The van der Waals surface area contributed by atoms with Gasteiger partial charge in [0.25, 0.3) is 0 Å². The SMILES string of the molecule is C#CC[N+](C)(C)CCO[C@@H]1OC(COC(=O)CCC)[C@@H](OC(=O)CCC)[C@H](OC(=O)CCC)[C@H]1OC(=O)CCC. The van der Waals surface area contributed by atoms with Crippen LogP contribution in [0.1, 0.15) is 79.1 Å². The molecule has 0 aromatic carbocycles. The highest BCUT2D eigenvalue weighted by atomic mass is 16.7. The second-order valence-corrected chi connectivity index (χ2v) is 10.5. The monoisotopic (exact) mass is 570 g/mol. The molecule has 0 saturated carbocycles. The quantitative estimate of drug-likeness (QED) is 0.105. The van der Waals surface area contributed by atoms with Gasteiger partial charge < -0.3 is 32.9 Å². The van der Waals surface area contributed by atoms with Crippen LogP contribution in [0.4, 0.5) is 0 Å². The highest BCUT2D eigenvalue weighted by Crippen LogP contribution is 2.31. The van der Waals surface area contributed by atoms with E-state index >= 15 is 0 Å². The van der Waals surface area contributed by atoms with Crippen LogP contribution < -0.4 is 0 Å². The lowest BCUT2D eigenvalue weighted by molar-refractivity contribution is -0.883. The van der Waals surface area contributed by atoms with Crippen LogP contribution in [0.5, 0.6) is 0 Å². The third-order valence-corrected chi connectivity index (χ3v) is 6.12. The summed E-state index contributed by atoms with van der Waals surface area (Å²) in [6.07, 6.45) is 2.23. The smallest absolute Gasteiger partial charge is 0.306 e. The molecule has 1 fully saturated rings. The molecule has 1 aliphatic heterocycles. The molecule has 0 aliphatic carbocycles. The standard InChI is InChI=1S/C29H48NO10/c1-8-13-22(31)36-20-21-26(38-23(32)14-9-2)27(39-24(33)15-10-3)28(40-25(34)16-11-4)29(37-21)35-19-18-30(6,7)17-12-5/h5,21,26-29H,8-11,13-20H2,1-4,6-7H3/q+1/t21?,26-,27+,28-,29-/m1/s1.